The second-order valence-corrected chi connectivity index (χ2v) is 25.4. The third kappa shape index (κ3) is 8.97. The van der Waals surface area contributed by atoms with Gasteiger partial charge in [0.25, 0.3) is 0 Å². The normalized spacial score (nSPS) is 54.2. The first-order valence-electron chi connectivity index (χ1n) is 26.5. The summed E-state index contributed by atoms with van der Waals surface area (Å²) in [6.07, 6.45) is -16.6. The molecule has 72 heavy (non-hydrogen) atoms. The van der Waals surface area contributed by atoms with Crippen molar-refractivity contribution in [2.24, 2.45) is 50.2 Å². The van der Waals surface area contributed by atoms with E-state index in [9.17, 15) is 56.2 Å². The van der Waals surface area contributed by atoms with Crippen LogP contribution in [-0.4, -0.2) is 199 Å². The fourth-order valence-electron chi connectivity index (χ4n) is 15.8. The van der Waals surface area contributed by atoms with Gasteiger partial charge < -0.3 is 94.1 Å². The summed E-state index contributed by atoms with van der Waals surface area (Å²) in [4.78, 5) is 15.0. The van der Waals surface area contributed by atoms with Gasteiger partial charge in [-0.2, -0.15) is 0 Å². The average Bonchev–Trinajstić information content (AvgIpc) is 3.32. The summed E-state index contributed by atoms with van der Waals surface area (Å²) in [5, 5.41) is 117. The zero-order valence-corrected chi connectivity index (χ0v) is 43.1. The monoisotopic (exact) mass is 1030 g/mol. The third-order valence-electron chi connectivity index (χ3n) is 20.6. The molecule has 11 N–H and O–H groups in total. The minimum Gasteiger partial charge on any atom is -0.432 e. The van der Waals surface area contributed by atoms with Crippen molar-refractivity contribution in [3.05, 3.63) is 11.6 Å². The number of aliphatic hydroxyl groups excluding tert-OH is 11. The van der Waals surface area contributed by atoms with Crippen LogP contribution in [0.2, 0.25) is 0 Å². The number of esters is 1. The first kappa shape index (κ1) is 55.3. The molecule has 0 unspecified atom stereocenters. The topological polar surface area (TPSA) is 313 Å². The second kappa shape index (κ2) is 19.7. The molecule has 0 aromatic heterocycles. The average molecular weight is 1030 g/mol. The Morgan fingerprint density at radius 2 is 1.25 bits per heavy atom. The molecule has 0 amide bonds. The predicted molar refractivity (Wildman–Crippen MR) is 249 cm³/mol. The zero-order valence-electron chi connectivity index (χ0n) is 43.1. The molecule has 4 heterocycles. The molecule has 5 aliphatic carbocycles. The molecule has 20 heteroatoms. The SMILES string of the molecule is C[C@@H]1O[C@@H](O[C@H]2[C@H](O[C@H]3CC[C@]4(C)[C@H]5CC=C6[C@@H]7CC(C)(C)CC[C@]7(C(=O)O[C@@H]7O[C@H](CO[C@@H]8OC[C@@H](O)[C@H](O)[C@H]8O)[C@@H](O)[C@H](O)[C@H]7O)CC[C@@]6(C)[C@]5(C)CC[C@H]4C3(C)C)OC[C@H](O)[C@@H]2O)[C@H](O)[C@H](O)[C@H]1O. The summed E-state index contributed by atoms with van der Waals surface area (Å²) in [7, 11) is 0. The van der Waals surface area contributed by atoms with Crippen LogP contribution in [-0.2, 0) is 42.7 Å². The summed E-state index contributed by atoms with van der Waals surface area (Å²) in [6, 6.07) is 0. The van der Waals surface area contributed by atoms with Crippen LogP contribution in [0, 0.1) is 50.2 Å². The first-order valence-corrected chi connectivity index (χ1v) is 26.5. The van der Waals surface area contributed by atoms with Gasteiger partial charge in [-0.05, 0) is 116 Å². The predicted octanol–water partition coefficient (Wildman–Crippen LogP) is 0.271. The summed E-state index contributed by atoms with van der Waals surface area (Å²) < 4.78 is 47.7. The number of aliphatic hydroxyl groups is 11. The molecule has 9 aliphatic rings. The lowest BCUT2D eigenvalue weighted by Crippen LogP contribution is -2.66. The van der Waals surface area contributed by atoms with Crippen molar-refractivity contribution in [2.45, 2.75) is 236 Å². The number of hydrogen-bond acceptors (Lipinski definition) is 20. The van der Waals surface area contributed by atoms with Crippen molar-refractivity contribution in [1.82, 2.24) is 0 Å². The Bertz CT molecular complexity index is 1990. The molecule has 0 spiro atoms. The van der Waals surface area contributed by atoms with Crippen LogP contribution in [0.1, 0.15) is 120 Å². The van der Waals surface area contributed by atoms with Gasteiger partial charge in [-0.3, -0.25) is 4.79 Å². The van der Waals surface area contributed by atoms with Crippen molar-refractivity contribution in [2.75, 3.05) is 19.8 Å². The molecule has 0 aromatic carbocycles. The van der Waals surface area contributed by atoms with Crippen molar-refractivity contribution >= 4 is 5.97 Å². The molecule has 4 aliphatic heterocycles. The highest BCUT2D eigenvalue weighted by molar-refractivity contribution is 5.79. The maximum Gasteiger partial charge on any atom is 0.315 e. The van der Waals surface area contributed by atoms with Crippen LogP contribution in [0.4, 0.5) is 0 Å². The van der Waals surface area contributed by atoms with Crippen molar-refractivity contribution in [1.29, 1.82) is 0 Å². The highest BCUT2D eigenvalue weighted by Crippen LogP contribution is 2.76. The van der Waals surface area contributed by atoms with Crippen LogP contribution >= 0.6 is 0 Å². The molecule has 4 saturated carbocycles. The second-order valence-electron chi connectivity index (χ2n) is 25.4. The Labute approximate surface area is 421 Å². The molecule has 0 aromatic rings. The van der Waals surface area contributed by atoms with E-state index in [-0.39, 0.29) is 58.7 Å². The Morgan fingerprint density at radius 3 is 1.96 bits per heavy atom. The van der Waals surface area contributed by atoms with E-state index in [1.807, 2.05) is 0 Å². The summed E-state index contributed by atoms with van der Waals surface area (Å²) >= 11 is 0. The van der Waals surface area contributed by atoms with Crippen LogP contribution < -0.4 is 0 Å². The van der Waals surface area contributed by atoms with Gasteiger partial charge in [0.15, 0.2) is 18.9 Å². The molecule has 20 nitrogen and oxygen atoms in total. The highest BCUT2D eigenvalue weighted by atomic mass is 16.8. The molecule has 0 radical (unpaired) electrons. The summed E-state index contributed by atoms with van der Waals surface area (Å²) in [5.74, 6) is -0.243. The molecular formula is C52H84O20. The van der Waals surface area contributed by atoms with Gasteiger partial charge in [0.1, 0.15) is 79.4 Å². The number of allylic oxidation sites excluding steroid dienone is 2. The molecule has 4 saturated heterocycles. The Kier molecular flexibility index (Phi) is 15.2. The van der Waals surface area contributed by atoms with Crippen molar-refractivity contribution < 1.29 is 98.9 Å². The van der Waals surface area contributed by atoms with Crippen LogP contribution in [0.3, 0.4) is 0 Å². The van der Waals surface area contributed by atoms with E-state index in [0.29, 0.717) is 25.7 Å². The van der Waals surface area contributed by atoms with Gasteiger partial charge in [-0.25, -0.2) is 0 Å². The first-order chi connectivity index (χ1) is 33.6. The van der Waals surface area contributed by atoms with E-state index >= 15 is 4.79 Å². The van der Waals surface area contributed by atoms with Crippen LogP contribution in [0.5, 0.6) is 0 Å². The molecular weight excluding hydrogens is 945 g/mol. The smallest absolute Gasteiger partial charge is 0.315 e. The number of rotatable bonds is 9. The maximum atomic E-state index is 15.0. The number of fused-ring (bicyclic) bond motifs is 7. The van der Waals surface area contributed by atoms with E-state index in [4.69, 9.17) is 37.9 Å². The minimum atomic E-state index is -1.78. The van der Waals surface area contributed by atoms with Gasteiger partial charge in [0, 0.05) is 0 Å². The summed E-state index contributed by atoms with van der Waals surface area (Å²) in [6.45, 7) is 16.7. The standard InChI is InChI=1S/C52H84O20/c1-23-32(55)36(59)39(62)43(68-23)71-41-34(57)27(54)21-66-45(41)70-31-12-13-49(6)29(48(31,4)5)11-14-51(8)30(49)10-9-24-25-19-47(2,3)15-17-52(25,18-16-50(24,51)7)46(64)72-44-40(63)37(60)35(58)28(69-44)22-67-42-38(61)33(56)26(53)20-65-42/h9,23,25-45,53-63H,10-22H2,1-8H3/t23-,25-,26+,27-,28+,29-,30+,31-,32-,33-,34-,35+,36+,37-,38+,39+,40+,41+,42-,43-,44-,45-,49-,50+,51+,52-/m0/s1. The van der Waals surface area contributed by atoms with Gasteiger partial charge in [-0.1, -0.05) is 60.1 Å². The lowest BCUT2D eigenvalue weighted by Gasteiger charge is -2.71. The van der Waals surface area contributed by atoms with Crippen molar-refractivity contribution in [3.8, 4) is 0 Å². The Hall–Kier alpha value is -1.51. The fourth-order valence-corrected chi connectivity index (χ4v) is 15.8. The van der Waals surface area contributed by atoms with Gasteiger partial charge in [0.2, 0.25) is 6.29 Å². The van der Waals surface area contributed by atoms with E-state index in [1.165, 1.54) is 12.5 Å². The van der Waals surface area contributed by atoms with Gasteiger partial charge in [0.05, 0.1) is 37.4 Å². The molecule has 8 fully saturated rings. The lowest BCUT2D eigenvalue weighted by atomic mass is 9.33. The Balaban J connectivity index is 0.923. The quantitative estimate of drug-likeness (QED) is 0.0839. The van der Waals surface area contributed by atoms with E-state index in [1.54, 1.807) is 0 Å². The van der Waals surface area contributed by atoms with Crippen molar-refractivity contribution in [3.63, 3.8) is 0 Å². The Morgan fingerprint density at radius 1 is 0.625 bits per heavy atom. The molecule has 412 valence electrons. The lowest BCUT2D eigenvalue weighted by molar-refractivity contribution is -0.364. The largest absolute Gasteiger partial charge is 0.432 e. The van der Waals surface area contributed by atoms with Crippen LogP contribution in [0.15, 0.2) is 11.6 Å². The fraction of sp³-hybridized carbons (Fsp3) is 0.942. The van der Waals surface area contributed by atoms with E-state index in [2.05, 4.69) is 54.5 Å². The van der Waals surface area contributed by atoms with Gasteiger partial charge in [-0.15, -0.1) is 0 Å². The number of carbonyl (C=O) groups excluding carboxylic acids is 1. The minimum absolute atomic E-state index is 0.0953. The molecule has 26 atom stereocenters. The summed E-state index contributed by atoms with van der Waals surface area (Å²) in [5.41, 5.74) is -0.761. The van der Waals surface area contributed by atoms with Crippen LogP contribution in [0.25, 0.3) is 0 Å². The molecule has 0 bridgehead atoms. The van der Waals surface area contributed by atoms with E-state index in [0.717, 1.165) is 38.5 Å². The number of hydrogen-bond donors (Lipinski definition) is 11. The highest BCUT2D eigenvalue weighted by Gasteiger charge is 2.70. The third-order valence-corrected chi connectivity index (χ3v) is 20.6. The number of ether oxygens (including phenoxy) is 8. The zero-order chi connectivity index (χ0) is 52.4. The molecule has 9 rings (SSSR count). The maximum absolute atomic E-state index is 15.0. The number of carbonyl (C=O) groups is 1. The van der Waals surface area contributed by atoms with Gasteiger partial charge >= 0.3 is 5.97 Å². The van der Waals surface area contributed by atoms with E-state index < -0.39 is 134 Å².